The van der Waals surface area contributed by atoms with Gasteiger partial charge in [-0.2, -0.15) is 0 Å². The second-order valence-electron chi connectivity index (χ2n) is 9.66. The zero-order valence-electron chi connectivity index (χ0n) is 22.7. The number of halogens is 2. The predicted molar refractivity (Wildman–Crippen MR) is 184 cm³/mol. The molecule has 4 aromatic rings. The van der Waals surface area contributed by atoms with Gasteiger partial charge in [0.1, 0.15) is 23.1 Å². The van der Waals surface area contributed by atoms with E-state index in [1.807, 2.05) is 60.7 Å². The molecule has 0 spiro atoms. The number of amides is 2. The fraction of sp³-hybridized carbons (Fsp3) is 0. The van der Waals surface area contributed by atoms with Gasteiger partial charge >= 0.3 is 0 Å². The summed E-state index contributed by atoms with van der Waals surface area (Å²) in [7, 11) is 0. The van der Waals surface area contributed by atoms with Gasteiger partial charge in [-0.3, -0.25) is 9.59 Å². The normalized spacial score (nSPS) is 16.5. The van der Waals surface area contributed by atoms with Gasteiger partial charge < -0.3 is 0 Å². The van der Waals surface area contributed by atoms with Crippen LogP contribution in [0.25, 0.3) is 12.2 Å². The van der Waals surface area contributed by atoms with Gasteiger partial charge in [0.15, 0.2) is 9.98 Å². The molecule has 0 aliphatic carbocycles. The highest BCUT2D eigenvalue weighted by molar-refractivity contribution is 7.89. The summed E-state index contributed by atoms with van der Waals surface area (Å²) in [5.74, 6) is -0.365. The molecule has 2 amide bonds. The number of aliphatic imine (C=N–C) groups is 2. The van der Waals surface area contributed by atoms with Crippen molar-refractivity contribution in [2.45, 2.75) is 0 Å². The van der Waals surface area contributed by atoms with Crippen LogP contribution in [0, 0.1) is 0 Å². The average molecular weight is 652 g/mol. The maximum absolute atomic E-state index is 13.9. The van der Waals surface area contributed by atoms with Crippen molar-refractivity contribution in [2.75, 3.05) is 0 Å². The van der Waals surface area contributed by atoms with Gasteiger partial charge in [0.05, 0.1) is 0 Å². The first kappa shape index (κ1) is 29.5. The molecule has 6 rings (SSSR count). The van der Waals surface area contributed by atoms with Crippen molar-refractivity contribution in [1.82, 2.24) is 9.80 Å². The zero-order valence-corrected chi connectivity index (χ0v) is 25.9. The Kier molecular flexibility index (Phi) is 8.41. The molecule has 2 aliphatic heterocycles. The third-order valence-electron chi connectivity index (χ3n) is 6.72. The van der Waals surface area contributed by atoms with Crippen molar-refractivity contribution in [1.29, 1.82) is 0 Å². The Morgan fingerprint density at radius 1 is 0.545 bits per heavy atom. The van der Waals surface area contributed by atoms with Crippen molar-refractivity contribution in [3.63, 3.8) is 0 Å². The van der Waals surface area contributed by atoms with E-state index >= 15 is 0 Å². The smallest absolute Gasteiger partial charge is 0.266 e. The van der Waals surface area contributed by atoms with Crippen molar-refractivity contribution in [3.05, 3.63) is 153 Å². The van der Waals surface area contributed by atoms with Crippen LogP contribution in [0.1, 0.15) is 22.3 Å². The van der Waals surface area contributed by atoms with Crippen LogP contribution in [0.4, 0.5) is 0 Å². The van der Waals surface area contributed by atoms with E-state index in [4.69, 9.17) is 47.6 Å². The topological polar surface area (TPSA) is 65.3 Å². The average Bonchev–Trinajstić information content (AvgIpc) is 3.55. The van der Waals surface area contributed by atoms with Crippen LogP contribution in [-0.4, -0.2) is 43.3 Å². The molecule has 10 heteroatoms. The highest BCUT2D eigenvalue weighted by atomic mass is 35.5. The van der Waals surface area contributed by atoms with E-state index in [-0.39, 0.29) is 21.4 Å². The van der Waals surface area contributed by atoms with Gasteiger partial charge in [-0.15, -0.1) is 0 Å². The molecular formula is C34H20Cl2N4O2S2. The Hall–Kier alpha value is -4.60. The lowest BCUT2D eigenvalue weighted by Crippen LogP contribution is -2.49. The summed E-state index contributed by atoms with van der Waals surface area (Å²) < 4.78 is 0. The fourth-order valence-electron chi connectivity index (χ4n) is 4.60. The van der Waals surface area contributed by atoms with Crippen LogP contribution in [-0.2, 0) is 9.59 Å². The molecule has 0 N–H and O–H groups in total. The highest BCUT2D eigenvalue weighted by Crippen LogP contribution is 2.28. The molecule has 0 bridgehead atoms. The van der Waals surface area contributed by atoms with E-state index in [0.717, 1.165) is 11.1 Å². The van der Waals surface area contributed by atoms with Crippen LogP contribution in [0.5, 0.6) is 0 Å². The lowest BCUT2D eigenvalue weighted by atomic mass is 10.1. The van der Waals surface area contributed by atoms with Crippen LogP contribution in [0.3, 0.4) is 0 Å². The first-order chi connectivity index (χ1) is 21.3. The van der Waals surface area contributed by atoms with Crippen molar-refractivity contribution in [2.24, 2.45) is 9.98 Å². The lowest BCUT2D eigenvalue weighted by Gasteiger charge is -2.25. The second kappa shape index (κ2) is 12.6. The third-order valence-corrected chi connectivity index (χ3v) is 8.11. The molecule has 0 fully saturated rings. The summed E-state index contributed by atoms with van der Waals surface area (Å²) in [6.45, 7) is 0. The number of thiocarbonyl (C=S) groups is 2. The molecule has 214 valence electrons. The minimum absolute atomic E-state index is 0.0585. The summed E-state index contributed by atoms with van der Waals surface area (Å²) in [4.78, 5) is 39.5. The Morgan fingerprint density at radius 2 is 0.886 bits per heavy atom. The molecule has 0 atom stereocenters. The van der Waals surface area contributed by atoms with E-state index in [9.17, 15) is 9.59 Å². The summed E-state index contributed by atoms with van der Waals surface area (Å²) >= 11 is 23.8. The Morgan fingerprint density at radius 3 is 1.23 bits per heavy atom. The number of rotatable bonds is 4. The molecule has 0 unspecified atom stereocenters. The fourth-order valence-corrected chi connectivity index (χ4v) is 5.37. The minimum atomic E-state index is -0.479. The van der Waals surface area contributed by atoms with E-state index in [2.05, 4.69) is 9.98 Å². The van der Waals surface area contributed by atoms with Crippen LogP contribution in [0.15, 0.2) is 131 Å². The van der Waals surface area contributed by atoms with Crippen molar-refractivity contribution >= 4 is 93.3 Å². The molecule has 6 nitrogen and oxygen atoms in total. The van der Waals surface area contributed by atoms with Crippen LogP contribution in [0.2, 0.25) is 10.0 Å². The third kappa shape index (κ3) is 5.93. The molecule has 44 heavy (non-hydrogen) atoms. The van der Waals surface area contributed by atoms with Gasteiger partial charge in [0.25, 0.3) is 11.8 Å². The SMILES string of the molecule is O=C1C(=Cc2ccc(Cl)cc2)N=C(c2ccccc2)N1C(=S)C(=S)N1C(=O)C(=Cc2ccc(Cl)cc2)N=C1c1ccccc1. The summed E-state index contributed by atoms with van der Waals surface area (Å²) in [6.07, 6.45) is 3.30. The number of carbonyl (C=O) groups excluding carboxylic acids is 2. The molecule has 2 heterocycles. The maximum atomic E-state index is 13.9. The number of nitrogens with zero attached hydrogens (tertiary/aromatic N) is 4. The van der Waals surface area contributed by atoms with Crippen molar-refractivity contribution in [3.8, 4) is 0 Å². The lowest BCUT2D eigenvalue weighted by molar-refractivity contribution is -0.121. The number of hydrogen-bond acceptors (Lipinski definition) is 6. The summed E-state index contributed by atoms with van der Waals surface area (Å²) in [6, 6.07) is 32.4. The zero-order chi connectivity index (χ0) is 30.8. The van der Waals surface area contributed by atoms with E-state index in [0.29, 0.717) is 32.8 Å². The standard InChI is InChI=1S/C34H20Cl2N4O2S2/c35-25-15-11-21(12-16-25)19-27-31(41)39(29(37-27)23-7-3-1-4-8-23)33(43)34(44)40-30(24-9-5-2-6-10-24)38-28(32(40)42)20-22-13-17-26(36)18-14-22/h1-20H. The first-order valence-corrected chi connectivity index (χ1v) is 14.9. The number of hydrogen-bond donors (Lipinski definition) is 0. The monoisotopic (exact) mass is 650 g/mol. The van der Waals surface area contributed by atoms with Crippen LogP contribution < -0.4 is 0 Å². The molecule has 0 saturated carbocycles. The van der Waals surface area contributed by atoms with Gasteiger partial charge in [-0.25, -0.2) is 19.8 Å². The van der Waals surface area contributed by atoms with Gasteiger partial charge in [-0.1, -0.05) is 133 Å². The quantitative estimate of drug-likeness (QED) is 0.168. The first-order valence-electron chi connectivity index (χ1n) is 13.3. The Balaban J connectivity index is 1.39. The Labute approximate surface area is 274 Å². The van der Waals surface area contributed by atoms with E-state index in [1.165, 1.54) is 9.80 Å². The maximum Gasteiger partial charge on any atom is 0.283 e. The predicted octanol–water partition coefficient (Wildman–Crippen LogP) is 7.61. The largest absolute Gasteiger partial charge is 0.283 e. The van der Waals surface area contributed by atoms with E-state index in [1.54, 1.807) is 60.7 Å². The van der Waals surface area contributed by atoms with Crippen molar-refractivity contribution < 1.29 is 9.59 Å². The molecule has 0 radical (unpaired) electrons. The summed E-state index contributed by atoms with van der Waals surface area (Å²) in [5, 5.41) is 1.14. The number of carbonyl (C=O) groups is 2. The Bertz CT molecular complexity index is 1790. The molecular weight excluding hydrogens is 631 g/mol. The number of amidine groups is 2. The molecule has 0 saturated heterocycles. The molecule has 0 aromatic heterocycles. The second-order valence-corrected chi connectivity index (χ2v) is 11.3. The van der Waals surface area contributed by atoms with Gasteiger partial charge in [0.2, 0.25) is 0 Å². The molecule has 4 aromatic carbocycles. The molecule has 2 aliphatic rings. The van der Waals surface area contributed by atoms with Gasteiger partial charge in [-0.05, 0) is 47.5 Å². The number of benzene rings is 4. The minimum Gasteiger partial charge on any atom is -0.266 e. The summed E-state index contributed by atoms with van der Waals surface area (Å²) in [5.41, 5.74) is 3.08. The highest BCUT2D eigenvalue weighted by Gasteiger charge is 2.41. The van der Waals surface area contributed by atoms with Gasteiger partial charge in [0, 0.05) is 21.2 Å². The van der Waals surface area contributed by atoms with Crippen LogP contribution >= 0.6 is 47.6 Å². The van der Waals surface area contributed by atoms with E-state index < -0.39 is 11.8 Å².